The Balaban J connectivity index is 2.19. The number of alkyl halides is 3. The van der Waals surface area contributed by atoms with Gasteiger partial charge in [-0.1, -0.05) is 12.1 Å². The van der Waals surface area contributed by atoms with Crippen molar-refractivity contribution in [3.05, 3.63) is 46.9 Å². The van der Waals surface area contributed by atoms with Gasteiger partial charge in [0.25, 0.3) is 0 Å². The average Bonchev–Trinajstić information content (AvgIpc) is 2.92. The smallest absolute Gasteiger partial charge is 0.405 e. The Kier molecular flexibility index (Phi) is 6.17. The van der Waals surface area contributed by atoms with E-state index in [4.69, 9.17) is 9.52 Å². The fraction of sp³-hybridized carbons (Fsp3) is 0.438. The topological polar surface area (TPSA) is 88.2 Å². The molecule has 1 aromatic carbocycles. The van der Waals surface area contributed by atoms with Crippen LogP contribution in [0.4, 0.5) is 22.4 Å². The number of aryl methyl sites for hydroxylation is 2. The standard InChI is InChI=1S/C16H17F4N3O3/c1-9-22-23-14(26-9)8-13(21-15(24)25)11-7-10(4-5-12(11)17)3-2-6-16(18,19)20/h4-5,7,13,21H,2-3,6,8H2,1H3,(H,24,25). The van der Waals surface area contributed by atoms with Gasteiger partial charge in [0.15, 0.2) is 0 Å². The number of carboxylic acid groups (broad SMARTS) is 1. The van der Waals surface area contributed by atoms with Crippen LogP contribution in [0.2, 0.25) is 0 Å². The lowest BCUT2D eigenvalue weighted by atomic mass is 9.98. The molecular weight excluding hydrogens is 358 g/mol. The summed E-state index contributed by atoms with van der Waals surface area (Å²) in [6.07, 6.45) is -6.73. The van der Waals surface area contributed by atoms with Crippen LogP contribution in [0.15, 0.2) is 22.6 Å². The number of halogens is 4. The quantitative estimate of drug-likeness (QED) is 0.716. The molecular formula is C16H17F4N3O3. The summed E-state index contributed by atoms with van der Waals surface area (Å²) < 4.78 is 56.2. The van der Waals surface area contributed by atoms with Crippen molar-refractivity contribution < 1.29 is 31.9 Å². The molecule has 2 rings (SSSR count). The molecule has 0 aliphatic rings. The Bertz CT molecular complexity index is 761. The molecule has 1 amide bonds. The molecule has 0 bridgehead atoms. The third-order valence-corrected chi connectivity index (χ3v) is 3.61. The second-order valence-electron chi connectivity index (χ2n) is 5.75. The van der Waals surface area contributed by atoms with Crippen LogP contribution < -0.4 is 5.32 Å². The van der Waals surface area contributed by atoms with Gasteiger partial charge in [-0.25, -0.2) is 9.18 Å². The van der Waals surface area contributed by atoms with E-state index in [1.807, 2.05) is 0 Å². The maximum absolute atomic E-state index is 14.2. The predicted molar refractivity (Wildman–Crippen MR) is 82.0 cm³/mol. The van der Waals surface area contributed by atoms with E-state index in [-0.39, 0.29) is 36.6 Å². The molecule has 6 nitrogen and oxygen atoms in total. The molecule has 10 heteroatoms. The van der Waals surface area contributed by atoms with Crippen LogP contribution in [0.1, 0.15) is 41.8 Å². The fourth-order valence-electron chi connectivity index (χ4n) is 2.49. The highest BCUT2D eigenvalue weighted by Gasteiger charge is 2.26. The van der Waals surface area contributed by atoms with Gasteiger partial charge >= 0.3 is 12.3 Å². The van der Waals surface area contributed by atoms with E-state index >= 15 is 0 Å². The van der Waals surface area contributed by atoms with Gasteiger partial charge in [-0.3, -0.25) is 0 Å². The highest BCUT2D eigenvalue weighted by molar-refractivity contribution is 5.65. The first-order valence-electron chi connectivity index (χ1n) is 7.77. The van der Waals surface area contributed by atoms with Crippen molar-refractivity contribution in [2.24, 2.45) is 0 Å². The molecule has 0 saturated carbocycles. The third-order valence-electron chi connectivity index (χ3n) is 3.61. The summed E-state index contributed by atoms with van der Waals surface area (Å²) in [6, 6.07) is 2.82. The number of nitrogens with one attached hydrogen (secondary N) is 1. The van der Waals surface area contributed by atoms with Gasteiger partial charge in [-0.05, 0) is 24.5 Å². The zero-order valence-corrected chi connectivity index (χ0v) is 13.8. The van der Waals surface area contributed by atoms with Crippen molar-refractivity contribution in [3.63, 3.8) is 0 Å². The number of aromatic nitrogens is 2. The van der Waals surface area contributed by atoms with Crippen LogP contribution >= 0.6 is 0 Å². The van der Waals surface area contributed by atoms with Gasteiger partial charge in [0.05, 0.1) is 12.5 Å². The predicted octanol–water partition coefficient (Wildman–Crippen LogP) is 3.95. The van der Waals surface area contributed by atoms with E-state index in [9.17, 15) is 22.4 Å². The van der Waals surface area contributed by atoms with E-state index in [1.165, 1.54) is 12.1 Å². The molecule has 1 unspecified atom stereocenters. The maximum Gasteiger partial charge on any atom is 0.405 e. The first-order chi connectivity index (χ1) is 12.1. The summed E-state index contributed by atoms with van der Waals surface area (Å²) in [5.74, 6) is -0.293. The Morgan fingerprint density at radius 1 is 1.35 bits per heavy atom. The Hall–Kier alpha value is -2.65. The van der Waals surface area contributed by atoms with Crippen molar-refractivity contribution >= 4 is 6.09 Å². The Morgan fingerprint density at radius 3 is 2.65 bits per heavy atom. The minimum Gasteiger partial charge on any atom is -0.465 e. The number of hydrogen-bond acceptors (Lipinski definition) is 4. The van der Waals surface area contributed by atoms with Crippen LogP contribution in [0, 0.1) is 12.7 Å². The lowest BCUT2D eigenvalue weighted by molar-refractivity contribution is -0.135. The molecule has 0 spiro atoms. The maximum atomic E-state index is 14.2. The van der Waals surface area contributed by atoms with Gasteiger partial charge in [-0.2, -0.15) is 13.2 Å². The van der Waals surface area contributed by atoms with E-state index in [2.05, 4.69) is 15.5 Å². The highest BCUT2D eigenvalue weighted by atomic mass is 19.4. The van der Waals surface area contributed by atoms with Gasteiger partial charge < -0.3 is 14.8 Å². The summed E-state index contributed by atoms with van der Waals surface area (Å²) in [4.78, 5) is 11.0. The molecule has 0 aliphatic carbocycles. The van der Waals surface area contributed by atoms with Crippen molar-refractivity contribution in [1.82, 2.24) is 15.5 Å². The normalized spacial score (nSPS) is 12.8. The van der Waals surface area contributed by atoms with Crippen molar-refractivity contribution in [2.75, 3.05) is 0 Å². The molecule has 0 saturated heterocycles. The van der Waals surface area contributed by atoms with Crippen LogP contribution in [0.25, 0.3) is 0 Å². The minimum absolute atomic E-state index is 0.00719. The number of nitrogens with zero attached hydrogens (tertiary/aromatic N) is 2. The van der Waals surface area contributed by atoms with Crippen LogP contribution in [0.5, 0.6) is 0 Å². The van der Waals surface area contributed by atoms with Gasteiger partial charge in [0, 0.05) is 18.9 Å². The third kappa shape index (κ3) is 6.01. The van der Waals surface area contributed by atoms with E-state index in [1.54, 1.807) is 6.92 Å². The van der Waals surface area contributed by atoms with Crippen LogP contribution in [-0.2, 0) is 12.8 Å². The molecule has 0 radical (unpaired) electrons. The van der Waals surface area contributed by atoms with Crippen LogP contribution in [0.3, 0.4) is 0 Å². The SMILES string of the molecule is Cc1nnc(CC(NC(=O)O)c2cc(CCCC(F)(F)F)ccc2F)o1. The fourth-order valence-corrected chi connectivity index (χ4v) is 2.49. The van der Waals surface area contributed by atoms with E-state index < -0.39 is 30.5 Å². The van der Waals surface area contributed by atoms with Crippen molar-refractivity contribution in [3.8, 4) is 0 Å². The molecule has 2 N–H and O–H groups in total. The van der Waals surface area contributed by atoms with Gasteiger partial charge in [-0.15, -0.1) is 10.2 Å². The molecule has 1 heterocycles. The Labute approximate surface area is 146 Å². The zero-order valence-electron chi connectivity index (χ0n) is 13.8. The highest BCUT2D eigenvalue weighted by Crippen LogP contribution is 2.25. The largest absolute Gasteiger partial charge is 0.465 e. The van der Waals surface area contributed by atoms with Gasteiger partial charge in [0.1, 0.15) is 5.82 Å². The number of rotatable bonds is 7. The second-order valence-corrected chi connectivity index (χ2v) is 5.75. The number of amides is 1. The summed E-state index contributed by atoms with van der Waals surface area (Å²) in [5.41, 5.74) is 0.484. The molecule has 142 valence electrons. The van der Waals surface area contributed by atoms with Crippen molar-refractivity contribution in [1.29, 1.82) is 0 Å². The average molecular weight is 375 g/mol. The van der Waals surface area contributed by atoms with E-state index in [0.717, 1.165) is 6.07 Å². The lowest BCUT2D eigenvalue weighted by Gasteiger charge is -2.17. The van der Waals surface area contributed by atoms with E-state index in [0.29, 0.717) is 5.56 Å². The van der Waals surface area contributed by atoms with Crippen LogP contribution in [-0.4, -0.2) is 27.6 Å². The number of benzene rings is 1. The second kappa shape index (κ2) is 8.15. The molecule has 0 fully saturated rings. The molecule has 1 atom stereocenters. The lowest BCUT2D eigenvalue weighted by Crippen LogP contribution is -2.29. The first-order valence-corrected chi connectivity index (χ1v) is 7.77. The van der Waals surface area contributed by atoms with Crippen molar-refractivity contribution in [2.45, 2.75) is 44.8 Å². The summed E-state index contributed by atoms with van der Waals surface area (Å²) in [7, 11) is 0. The minimum atomic E-state index is -4.26. The van der Waals surface area contributed by atoms with Gasteiger partial charge in [0.2, 0.25) is 11.8 Å². The molecule has 0 aliphatic heterocycles. The zero-order chi connectivity index (χ0) is 19.3. The molecule has 2 aromatic rings. The summed E-state index contributed by atoms with van der Waals surface area (Å²) in [5, 5.41) is 18.5. The molecule has 1 aromatic heterocycles. The molecule has 26 heavy (non-hydrogen) atoms. The summed E-state index contributed by atoms with van der Waals surface area (Å²) in [6.45, 7) is 1.55. The monoisotopic (exact) mass is 375 g/mol. The summed E-state index contributed by atoms with van der Waals surface area (Å²) >= 11 is 0. The number of hydrogen-bond donors (Lipinski definition) is 2. The number of carbonyl (C=O) groups is 1. The first kappa shape index (κ1) is 19.7. The Morgan fingerprint density at radius 2 is 2.08 bits per heavy atom.